The summed E-state index contributed by atoms with van der Waals surface area (Å²) >= 11 is 0. The Morgan fingerprint density at radius 3 is 1.24 bits per heavy atom. The van der Waals surface area contributed by atoms with Crippen molar-refractivity contribution in [2.24, 2.45) is 0 Å². The second-order valence-electron chi connectivity index (χ2n) is 8.19. The van der Waals surface area contributed by atoms with Crippen LogP contribution in [0.5, 0.6) is 11.5 Å². The first-order valence-electron chi connectivity index (χ1n) is 11.4. The van der Waals surface area contributed by atoms with Gasteiger partial charge in [0, 0.05) is 22.3 Å². The molecule has 0 aromatic heterocycles. The van der Waals surface area contributed by atoms with Gasteiger partial charge in [0.1, 0.15) is 23.0 Å². The van der Waals surface area contributed by atoms with Gasteiger partial charge in [0.2, 0.25) is 0 Å². The van der Waals surface area contributed by atoms with Gasteiger partial charge in [-0.1, -0.05) is 109 Å². The van der Waals surface area contributed by atoms with Crippen molar-refractivity contribution in [3.8, 4) is 11.5 Å². The van der Waals surface area contributed by atoms with Crippen LogP contribution in [0.15, 0.2) is 133 Å². The van der Waals surface area contributed by atoms with Gasteiger partial charge < -0.3 is 9.47 Å². The van der Waals surface area contributed by atoms with E-state index in [2.05, 4.69) is 60.7 Å². The van der Waals surface area contributed by atoms with Gasteiger partial charge in [-0.15, -0.1) is 0 Å². The molecule has 0 unspecified atom stereocenters. The molecule has 0 atom stereocenters. The molecule has 0 N–H and O–H groups in total. The van der Waals surface area contributed by atoms with E-state index in [0.717, 1.165) is 56.4 Å². The number of rotatable bonds is 3. The molecule has 0 saturated heterocycles. The van der Waals surface area contributed by atoms with Crippen LogP contribution in [-0.2, 0) is 0 Å². The number of para-hydroxylation sites is 2. The number of fused-ring (bicyclic) bond motifs is 2. The summed E-state index contributed by atoms with van der Waals surface area (Å²) in [6.07, 6.45) is 8.56. The summed E-state index contributed by atoms with van der Waals surface area (Å²) < 4.78 is 12.5. The first-order valence-corrected chi connectivity index (χ1v) is 11.4. The average molecular weight is 439 g/mol. The van der Waals surface area contributed by atoms with Crippen molar-refractivity contribution in [3.05, 3.63) is 156 Å². The van der Waals surface area contributed by atoms with E-state index in [-0.39, 0.29) is 0 Å². The van der Waals surface area contributed by atoms with Crippen LogP contribution in [0, 0.1) is 0 Å². The summed E-state index contributed by atoms with van der Waals surface area (Å²) in [5, 5.41) is 0. The molecule has 2 heteroatoms. The van der Waals surface area contributed by atoms with E-state index in [9.17, 15) is 0 Å². The smallest absolute Gasteiger partial charge is 0.135 e. The van der Waals surface area contributed by atoms with Crippen LogP contribution in [0.4, 0.5) is 0 Å². The highest BCUT2D eigenvalue weighted by Crippen LogP contribution is 2.39. The molecule has 6 rings (SSSR count). The molecule has 4 aromatic carbocycles. The SMILES string of the molecule is C1=C(c2ccccc2)Oc2ccccc2/C1=C\C=C1/C=C(c2ccccc2)Oc2ccccc21. The lowest BCUT2D eigenvalue weighted by Gasteiger charge is -2.21. The van der Waals surface area contributed by atoms with E-state index in [1.807, 2.05) is 72.8 Å². The molecule has 4 aromatic rings. The Balaban J connectivity index is 1.47. The summed E-state index contributed by atoms with van der Waals surface area (Å²) in [5.41, 5.74) is 6.47. The fourth-order valence-corrected chi connectivity index (χ4v) is 4.27. The quantitative estimate of drug-likeness (QED) is 0.322. The number of benzene rings is 4. The van der Waals surface area contributed by atoms with Gasteiger partial charge in [-0.25, -0.2) is 0 Å². The minimum Gasteiger partial charge on any atom is -0.456 e. The normalized spacial score (nSPS) is 16.6. The summed E-state index contributed by atoms with van der Waals surface area (Å²) in [6.45, 7) is 0. The summed E-state index contributed by atoms with van der Waals surface area (Å²) in [5.74, 6) is 3.41. The first kappa shape index (κ1) is 20.1. The highest BCUT2D eigenvalue weighted by molar-refractivity contribution is 5.92. The molecule has 0 radical (unpaired) electrons. The first-order chi connectivity index (χ1) is 16.8. The maximum atomic E-state index is 6.24. The van der Waals surface area contributed by atoms with Crippen LogP contribution in [-0.4, -0.2) is 0 Å². The van der Waals surface area contributed by atoms with Crippen LogP contribution in [0.2, 0.25) is 0 Å². The Hall–Kier alpha value is -4.56. The van der Waals surface area contributed by atoms with Crippen LogP contribution in [0.1, 0.15) is 22.3 Å². The zero-order chi connectivity index (χ0) is 22.7. The lowest BCUT2D eigenvalue weighted by Crippen LogP contribution is -2.04. The van der Waals surface area contributed by atoms with Gasteiger partial charge in [0.05, 0.1) is 0 Å². The monoisotopic (exact) mass is 438 g/mol. The van der Waals surface area contributed by atoms with Gasteiger partial charge in [0.15, 0.2) is 0 Å². The fourth-order valence-electron chi connectivity index (χ4n) is 4.27. The maximum Gasteiger partial charge on any atom is 0.135 e. The third-order valence-electron chi connectivity index (χ3n) is 5.97. The van der Waals surface area contributed by atoms with E-state index in [1.54, 1.807) is 0 Å². The lowest BCUT2D eigenvalue weighted by molar-refractivity contribution is 0.509. The Kier molecular flexibility index (Phi) is 5.17. The second-order valence-corrected chi connectivity index (χ2v) is 8.19. The van der Waals surface area contributed by atoms with Gasteiger partial charge in [-0.2, -0.15) is 0 Å². The molecule has 0 spiro atoms. The second kappa shape index (κ2) is 8.76. The van der Waals surface area contributed by atoms with E-state index < -0.39 is 0 Å². The molecular weight excluding hydrogens is 416 g/mol. The molecule has 0 bridgehead atoms. The Bertz CT molecular complexity index is 1360. The van der Waals surface area contributed by atoms with Gasteiger partial charge in [0.25, 0.3) is 0 Å². The zero-order valence-corrected chi connectivity index (χ0v) is 18.5. The van der Waals surface area contributed by atoms with Gasteiger partial charge >= 0.3 is 0 Å². The van der Waals surface area contributed by atoms with Crippen LogP contribution >= 0.6 is 0 Å². The Labute approximate surface area is 199 Å². The van der Waals surface area contributed by atoms with Crippen molar-refractivity contribution < 1.29 is 9.47 Å². The molecule has 2 heterocycles. The Morgan fingerprint density at radius 2 is 0.794 bits per heavy atom. The molecule has 0 saturated carbocycles. The molecule has 2 nitrogen and oxygen atoms in total. The van der Waals surface area contributed by atoms with Crippen molar-refractivity contribution in [3.63, 3.8) is 0 Å². The predicted molar refractivity (Wildman–Crippen MR) is 139 cm³/mol. The summed E-state index contributed by atoms with van der Waals surface area (Å²) in [4.78, 5) is 0. The molecular formula is C32H22O2. The lowest BCUT2D eigenvalue weighted by atomic mass is 9.96. The summed E-state index contributed by atoms with van der Waals surface area (Å²) in [7, 11) is 0. The highest BCUT2D eigenvalue weighted by atomic mass is 16.5. The van der Waals surface area contributed by atoms with E-state index in [1.165, 1.54) is 0 Å². The average Bonchev–Trinajstić information content (AvgIpc) is 2.92. The van der Waals surface area contributed by atoms with E-state index in [0.29, 0.717) is 0 Å². The fraction of sp³-hybridized carbons (Fsp3) is 0. The largest absolute Gasteiger partial charge is 0.456 e. The van der Waals surface area contributed by atoms with E-state index in [4.69, 9.17) is 9.47 Å². The molecule has 0 amide bonds. The van der Waals surface area contributed by atoms with Crippen molar-refractivity contribution in [2.45, 2.75) is 0 Å². The standard InChI is InChI=1S/C32H22O2/c1-3-11-23(12-4-1)31-21-25(27-15-7-9-17-29(27)33-31)19-20-26-22-32(24-13-5-2-6-14-24)34-30-18-10-8-16-28(26)30/h1-22H/b25-19-,26-20+. The van der Waals surface area contributed by atoms with Crippen molar-refractivity contribution in [2.75, 3.05) is 0 Å². The number of ether oxygens (including phenoxy) is 2. The molecule has 2 aliphatic rings. The number of hydrogen-bond donors (Lipinski definition) is 0. The van der Waals surface area contributed by atoms with Gasteiger partial charge in [-0.05, 0) is 35.4 Å². The minimum absolute atomic E-state index is 0.844. The van der Waals surface area contributed by atoms with Crippen molar-refractivity contribution in [1.82, 2.24) is 0 Å². The zero-order valence-electron chi connectivity index (χ0n) is 18.5. The molecule has 162 valence electrons. The van der Waals surface area contributed by atoms with Crippen LogP contribution in [0.3, 0.4) is 0 Å². The van der Waals surface area contributed by atoms with Crippen LogP contribution in [0.25, 0.3) is 22.7 Å². The molecule has 0 fully saturated rings. The molecule has 2 aliphatic heterocycles. The van der Waals surface area contributed by atoms with Crippen LogP contribution < -0.4 is 9.47 Å². The Morgan fingerprint density at radius 1 is 0.412 bits per heavy atom. The van der Waals surface area contributed by atoms with E-state index >= 15 is 0 Å². The van der Waals surface area contributed by atoms with Crippen molar-refractivity contribution in [1.29, 1.82) is 0 Å². The number of allylic oxidation sites excluding steroid dienone is 6. The molecule has 34 heavy (non-hydrogen) atoms. The summed E-state index contributed by atoms with van der Waals surface area (Å²) in [6, 6.07) is 36.7. The third kappa shape index (κ3) is 3.87. The maximum absolute atomic E-state index is 6.24. The van der Waals surface area contributed by atoms with Gasteiger partial charge in [-0.3, -0.25) is 0 Å². The number of hydrogen-bond acceptors (Lipinski definition) is 2. The molecule has 0 aliphatic carbocycles. The topological polar surface area (TPSA) is 18.5 Å². The predicted octanol–water partition coefficient (Wildman–Crippen LogP) is 8.02. The highest BCUT2D eigenvalue weighted by Gasteiger charge is 2.19. The third-order valence-corrected chi connectivity index (χ3v) is 5.97. The van der Waals surface area contributed by atoms with Crippen molar-refractivity contribution >= 4 is 22.7 Å². The minimum atomic E-state index is 0.844.